The molecule has 37 heavy (non-hydrogen) atoms. The second-order valence-corrected chi connectivity index (χ2v) is 10.1. The zero-order chi connectivity index (χ0) is 26.6. The molecule has 0 bridgehead atoms. The second kappa shape index (κ2) is 11.2. The number of carbonyl (C=O) groups is 1. The zero-order valence-electron chi connectivity index (χ0n) is 21.1. The number of carboxylic acids is 1. The summed E-state index contributed by atoms with van der Waals surface area (Å²) in [4.78, 5) is 25.8. The van der Waals surface area contributed by atoms with Crippen LogP contribution in [0, 0.1) is 6.92 Å². The van der Waals surface area contributed by atoms with Crippen LogP contribution >= 0.6 is 15.9 Å². The molecule has 4 aromatic rings. The van der Waals surface area contributed by atoms with E-state index < -0.39 is 11.6 Å². The van der Waals surface area contributed by atoms with Gasteiger partial charge in [-0.05, 0) is 63.6 Å². The van der Waals surface area contributed by atoms with Crippen molar-refractivity contribution in [2.24, 2.45) is 0 Å². The van der Waals surface area contributed by atoms with Crippen LogP contribution in [-0.2, 0) is 17.9 Å². The van der Waals surface area contributed by atoms with E-state index >= 15 is 0 Å². The van der Waals surface area contributed by atoms with Gasteiger partial charge in [0.05, 0.1) is 11.7 Å². The molecular formula is C27H29BrN4O5. The minimum atomic E-state index is -1.32. The minimum absolute atomic E-state index is 0.0533. The number of H-pyrrole nitrogens is 1. The summed E-state index contributed by atoms with van der Waals surface area (Å²) in [5.74, 6) is 1.58. The van der Waals surface area contributed by atoms with Crippen LogP contribution in [0.4, 0.5) is 0 Å². The van der Waals surface area contributed by atoms with Crippen LogP contribution in [0.15, 0.2) is 69.8 Å². The molecule has 194 valence electrons. The molecule has 2 aromatic carbocycles. The number of ether oxygens (including phenoxy) is 2. The molecule has 0 aliphatic heterocycles. The maximum atomic E-state index is 11.4. The van der Waals surface area contributed by atoms with Gasteiger partial charge >= 0.3 is 12.0 Å². The van der Waals surface area contributed by atoms with Gasteiger partial charge in [-0.3, -0.25) is 4.90 Å². The Balaban J connectivity index is 1.52. The number of halogens is 1. The van der Waals surface area contributed by atoms with Gasteiger partial charge in [0.1, 0.15) is 23.1 Å². The van der Waals surface area contributed by atoms with Gasteiger partial charge in [-0.15, -0.1) is 0 Å². The van der Waals surface area contributed by atoms with Crippen molar-refractivity contribution in [3.63, 3.8) is 0 Å². The van der Waals surface area contributed by atoms with Crippen LogP contribution in [0.25, 0.3) is 0 Å². The normalized spacial score (nSPS) is 12.5. The lowest BCUT2D eigenvalue weighted by atomic mass is 10.1. The van der Waals surface area contributed by atoms with Gasteiger partial charge in [-0.25, -0.2) is 9.78 Å². The number of benzene rings is 2. The molecule has 0 aliphatic rings. The van der Waals surface area contributed by atoms with Crippen LogP contribution in [0.2, 0.25) is 0 Å². The van der Waals surface area contributed by atoms with E-state index in [0.717, 1.165) is 21.6 Å². The number of rotatable bonds is 11. The molecule has 0 amide bonds. The smallest absolute Gasteiger partial charge is 0.399 e. The van der Waals surface area contributed by atoms with E-state index in [1.807, 2.05) is 43.3 Å². The molecule has 10 heteroatoms. The number of nitrogens with one attached hydrogen (secondary N) is 1. The van der Waals surface area contributed by atoms with E-state index in [2.05, 4.69) is 42.7 Å². The lowest BCUT2D eigenvalue weighted by Crippen LogP contribution is -2.37. The monoisotopic (exact) mass is 568 g/mol. The van der Waals surface area contributed by atoms with Crippen molar-refractivity contribution in [1.82, 2.24) is 19.9 Å². The van der Waals surface area contributed by atoms with E-state index in [9.17, 15) is 9.90 Å². The maximum absolute atomic E-state index is 11.4. The van der Waals surface area contributed by atoms with E-state index in [-0.39, 0.29) is 12.1 Å². The highest BCUT2D eigenvalue weighted by molar-refractivity contribution is 9.10. The summed E-state index contributed by atoms with van der Waals surface area (Å²) in [7, 11) is 0. The number of nitrogens with zero attached hydrogens (tertiary/aromatic N) is 3. The molecule has 0 saturated carbocycles. The van der Waals surface area contributed by atoms with Crippen molar-refractivity contribution in [1.29, 1.82) is 0 Å². The molecule has 1 atom stereocenters. The summed E-state index contributed by atoms with van der Waals surface area (Å²) < 4.78 is 18.2. The molecule has 0 spiro atoms. The zero-order valence-corrected chi connectivity index (χ0v) is 22.7. The molecule has 2 heterocycles. The van der Waals surface area contributed by atoms with Crippen molar-refractivity contribution < 1.29 is 23.8 Å². The third kappa shape index (κ3) is 6.78. The number of imidazole rings is 1. The molecule has 4 rings (SSSR count). The highest BCUT2D eigenvalue weighted by Crippen LogP contribution is 2.29. The van der Waals surface area contributed by atoms with E-state index in [1.165, 1.54) is 13.8 Å². The van der Waals surface area contributed by atoms with E-state index in [1.54, 1.807) is 24.5 Å². The summed E-state index contributed by atoms with van der Waals surface area (Å²) >= 11 is 3.44. The Morgan fingerprint density at radius 1 is 1.19 bits per heavy atom. The van der Waals surface area contributed by atoms with Gasteiger partial charge < -0.3 is 24.0 Å². The van der Waals surface area contributed by atoms with Crippen molar-refractivity contribution >= 4 is 21.9 Å². The number of aromatic nitrogens is 3. The van der Waals surface area contributed by atoms with Gasteiger partial charge in [0.15, 0.2) is 5.60 Å². The maximum Gasteiger partial charge on any atom is 0.399 e. The molecule has 0 saturated heterocycles. The first kappa shape index (κ1) is 26.4. The predicted molar refractivity (Wildman–Crippen MR) is 140 cm³/mol. The first-order chi connectivity index (χ1) is 17.6. The average Bonchev–Trinajstić information content (AvgIpc) is 3.49. The minimum Gasteiger partial charge on any atom is -0.478 e. The Morgan fingerprint density at radius 3 is 2.59 bits per heavy atom. The predicted octanol–water partition coefficient (Wildman–Crippen LogP) is 6.27. The molecule has 1 unspecified atom stereocenters. The molecular weight excluding hydrogens is 540 g/mol. The quantitative estimate of drug-likeness (QED) is 0.217. The SMILES string of the molecule is Cc1oc(Oc2cccc(Br)c2)nc1CN(Cc1ccc(OC(C)(C)C(=O)O)cc1)C(C)c1ncc[nH]1. The first-order valence-electron chi connectivity index (χ1n) is 11.7. The van der Waals surface area contributed by atoms with E-state index in [0.29, 0.717) is 30.3 Å². The van der Waals surface area contributed by atoms with Crippen molar-refractivity contribution in [3.05, 3.63) is 88.2 Å². The van der Waals surface area contributed by atoms with Crippen LogP contribution in [-0.4, -0.2) is 36.5 Å². The van der Waals surface area contributed by atoms with Crippen LogP contribution in [0.1, 0.15) is 49.7 Å². The van der Waals surface area contributed by atoms with E-state index in [4.69, 9.17) is 13.9 Å². The number of aliphatic carboxylic acids is 1. The van der Waals surface area contributed by atoms with Crippen molar-refractivity contribution in [2.45, 2.75) is 52.4 Å². The summed E-state index contributed by atoms with van der Waals surface area (Å²) in [6.07, 6.45) is 3.70. The summed E-state index contributed by atoms with van der Waals surface area (Å²) in [5, 5.41) is 9.32. The summed E-state index contributed by atoms with van der Waals surface area (Å²) in [6, 6.07) is 14.8. The fourth-order valence-electron chi connectivity index (χ4n) is 3.66. The molecule has 2 N–H and O–H groups in total. The third-order valence-corrected chi connectivity index (χ3v) is 6.38. The Bertz CT molecular complexity index is 1340. The standard InChI is InChI=1S/C27H29BrN4O5/c1-17(24-29-12-13-30-24)32(15-19-8-10-21(11-9-19)37-27(3,4)25(33)34)16-23-18(2)35-26(31-23)36-22-7-5-6-20(28)14-22/h5-14,17H,15-16H2,1-4H3,(H,29,30)(H,33,34). The fraction of sp³-hybridized carbons (Fsp3) is 0.296. The Hall–Kier alpha value is -3.63. The van der Waals surface area contributed by atoms with Crippen LogP contribution in [0.3, 0.4) is 0 Å². The highest BCUT2D eigenvalue weighted by Gasteiger charge is 2.29. The molecule has 2 aromatic heterocycles. The average molecular weight is 569 g/mol. The third-order valence-electron chi connectivity index (χ3n) is 5.89. The second-order valence-electron chi connectivity index (χ2n) is 9.16. The Kier molecular flexibility index (Phi) is 7.99. The van der Waals surface area contributed by atoms with Crippen LogP contribution in [0.5, 0.6) is 17.6 Å². The highest BCUT2D eigenvalue weighted by atomic mass is 79.9. The van der Waals surface area contributed by atoms with Crippen molar-refractivity contribution in [3.8, 4) is 17.6 Å². The first-order valence-corrected chi connectivity index (χ1v) is 12.5. The molecule has 0 fully saturated rings. The summed E-state index contributed by atoms with van der Waals surface area (Å²) in [5.41, 5.74) is 0.457. The topological polar surface area (TPSA) is 114 Å². The van der Waals surface area contributed by atoms with Gasteiger partial charge in [0, 0.05) is 30.0 Å². The number of aryl methyl sites for hydroxylation is 1. The fourth-order valence-corrected chi connectivity index (χ4v) is 4.04. The van der Waals surface area contributed by atoms with Crippen LogP contribution < -0.4 is 9.47 Å². The van der Waals surface area contributed by atoms with Gasteiger partial charge in [-0.1, -0.05) is 34.1 Å². The van der Waals surface area contributed by atoms with Crippen molar-refractivity contribution in [2.75, 3.05) is 0 Å². The molecule has 0 radical (unpaired) electrons. The Labute approximate surface area is 223 Å². The van der Waals surface area contributed by atoms with Gasteiger partial charge in [0.25, 0.3) is 0 Å². The van der Waals surface area contributed by atoms with Gasteiger partial charge in [0.2, 0.25) is 0 Å². The molecule has 0 aliphatic carbocycles. The summed E-state index contributed by atoms with van der Waals surface area (Å²) in [6.45, 7) is 8.04. The number of aromatic amines is 1. The number of carboxylic acid groups (broad SMARTS) is 1. The molecule has 9 nitrogen and oxygen atoms in total. The number of hydrogen-bond acceptors (Lipinski definition) is 7. The lowest BCUT2D eigenvalue weighted by molar-refractivity contribution is -0.152. The lowest BCUT2D eigenvalue weighted by Gasteiger charge is -2.27. The van der Waals surface area contributed by atoms with Gasteiger partial charge in [-0.2, -0.15) is 4.98 Å². The number of oxazole rings is 1. The number of hydrogen-bond donors (Lipinski definition) is 2. The Morgan fingerprint density at radius 2 is 1.95 bits per heavy atom. The largest absolute Gasteiger partial charge is 0.478 e.